The quantitative estimate of drug-likeness (QED) is 0.663. The van der Waals surface area contributed by atoms with Gasteiger partial charge in [-0.2, -0.15) is 0 Å². The first kappa shape index (κ1) is 9.01. The zero-order chi connectivity index (χ0) is 8.10. The molecule has 0 aromatic carbocycles. The minimum Gasteiger partial charge on any atom is -0.395 e. The van der Waals surface area contributed by atoms with Crippen LogP contribution in [0, 0.1) is 5.92 Å². The topological polar surface area (TPSA) is 23.5 Å². The Morgan fingerprint density at radius 3 is 3.00 bits per heavy atom. The molecule has 66 valence electrons. The lowest BCUT2D eigenvalue weighted by atomic mass is 9.96. The van der Waals surface area contributed by atoms with Gasteiger partial charge in [0.15, 0.2) is 0 Å². The molecule has 0 spiro atoms. The minimum absolute atomic E-state index is 0.316. The number of aliphatic hydroxyl groups is 1. The van der Waals surface area contributed by atoms with E-state index in [1.54, 1.807) is 0 Å². The van der Waals surface area contributed by atoms with E-state index in [0.717, 1.165) is 12.5 Å². The van der Waals surface area contributed by atoms with Gasteiger partial charge >= 0.3 is 0 Å². The normalized spacial score (nSPS) is 27.3. The van der Waals surface area contributed by atoms with Crippen LogP contribution in [0.4, 0.5) is 0 Å². The van der Waals surface area contributed by atoms with E-state index >= 15 is 0 Å². The van der Waals surface area contributed by atoms with Crippen molar-refractivity contribution in [3.63, 3.8) is 0 Å². The molecule has 1 saturated heterocycles. The second-order valence-corrected chi connectivity index (χ2v) is 3.44. The van der Waals surface area contributed by atoms with Crippen molar-refractivity contribution in [2.45, 2.75) is 26.2 Å². The Kier molecular flexibility index (Phi) is 3.87. The molecule has 1 rings (SSSR count). The second kappa shape index (κ2) is 4.73. The Bertz CT molecular complexity index is 104. The first-order valence-electron chi connectivity index (χ1n) is 4.70. The molecule has 1 aliphatic heterocycles. The van der Waals surface area contributed by atoms with Gasteiger partial charge in [0.05, 0.1) is 6.61 Å². The van der Waals surface area contributed by atoms with E-state index in [-0.39, 0.29) is 0 Å². The molecule has 11 heavy (non-hydrogen) atoms. The van der Waals surface area contributed by atoms with Crippen LogP contribution in [-0.4, -0.2) is 36.2 Å². The van der Waals surface area contributed by atoms with E-state index in [4.69, 9.17) is 5.11 Å². The van der Waals surface area contributed by atoms with Gasteiger partial charge in [-0.05, 0) is 25.3 Å². The van der Waals surface area contributed by atoms with Crippen molar-refractivity contribution in [2.24, 2.45) is 5.92 Å². The van der Waals surface area contributed by atoms with Crippen molar-refractivity contribution in [2.75, 3.05) is 26.2 Å². The maximum atomic E-state index is 8.74. The lowest BCUT2D eigenvalue weighted by molar-refractivity contribution is 0.138. The molecule has 2 nitrogen and oxygen atoms in total. The van der Waals surface area contributed by atoms with E-state index in [1.165, 1.54) is 32.4 Å². The average Bonchev–Trinajstić information content (AvgIpc) is 2.06. The Hall–Kier alpha value is -0.0800. The van der Waals surface area contributed by atoms with Gasteiger partial charge in [-0.25, -0.2) is 0 Å². The molecule has 1 N–H and O–H groups in total. The van der Waals surface area contributed by atoms with Crippen molar-refractivity contribution < 1.29 is 5.11 Å². The van der Waals surface area contributed by atoms with Gasteiger partial charge in [0, 0.05) is 13.1 Å². The molecule has 1 fully saturated rings. The smallest absolute Gasteiger partial charge is 0.0558 e. The number of nitrogens with zero attached hydrogens (tertiary/aromatic N) is 1. The summed E-state index contributed by atoms with van der Waals surface area (Å²) < 4.78 is 0. The molecule has 0 radical (unpaired) electrons. The fraction of sp³-hybridized carbons (Fsp3) is 1.00. The van der Waals surface area contributed by atoms with E-state index < -0.39 is 0 Å². The SMILES string of the molecule is CC[C@H]1CCCN(CCO)C1. The number of aliphatic hydroxyl groups excluding tert-OH is 1. The Morgan fingerprint density at radius 1 is 1.55 bits per heavy atom. The highest BCUT2D eigenvalue weighted by Gasteiger charge is 2.17. The predicted molar refractivity (Wildman–Crippen MR) is 46.5 cm³/mol. The maximum absolute atomic E-state index is 8.74. The largest absolute Gasteiger partial charge is 0.395 e. The molecule has 0 aliphatic carbocycles. The van der Waals surface area contributed by atoms with Gasteiger partial charge in [-0.1, -0.05) is 13.3 Å². The highest BCUT2D eigenvalue weighted by Crippen LogP contribution is 2.18. The molecular weight excluding hydrogens is 138 g/mol. The number of rotatable bonds is 3. The average molecular weight is 157 g/mol. The van der Waals surface area contributed by atoms with Gasteiger partial charge < -0.3 is 10.0 Å². The minimum atomic E-state index is 0.316. The zero-order valence-corrected chi connectivity index (χ0v) is 7.42. The molecule has 0 bridgehead atoms. The fourth-order valence-corrected chi connectivity index (χ4v) is 1.83. The molecule has 2 heteroatoms. The number of β-amino-alcohol motifs (C(OH)–C–C–N with tert-alkyl or cyclic N) is 1. The summed E-state index contributed by atoms with van der Waals surface area (Å²) in [6.07, 6.45) is 4.00. The summed E-state index contributed by atoms with van der Waals surface area (Å²) in [4.78, 5) is 2.37. The molecule has 1 heterocycles. The first-order chi connectivity index (χ1) is 5.36. The molecule has 0 aromatic heterocycles. The molecule has 0 amide bonds. The van der Waals surface area contributed by atoms with Crippen LogP contribution in [0.2, 0.25) is 0 Å². The summed E-state index contributed by atoms with van der Waals surface area (Å²) in [5.41, 5.74) is 0. The van der Waals surface area contributed by atoms with Gasteiger partial charge in [0.1, 0.15) is 0 Å². The van der Waals surface area contributed by atoms with E-state index in [0.29, 0.717) is 6.61 Å². The molecule has 0 saturated carbocycles. The van der Waals surface area contributed by atoms with Crippen LogP contribution in [0.5, 0.6) is 0 Å². The van der Waals surface area contributed by atoms with Crippen molar-refractivity contribution in [1.29, 1.82) is 0 Å². The predicted octanol–water partition coefficient (Wildman–Crippen LogP) is 1.10. The summed E-state index contributed by atoms with van der Waals surface area (Å²) in [6, 6.07) is 0. The molecular formula is C9H19NO. The first-order valence-corrected chi connectivity index (χ1v) is 4.70. The monoisotopic (exact) mass is 157 g/mol. The second-order valence-electron chi connectivity index (χ2n) is 3.44. The number of hydrogen-bond donors (Lipinski definition) is 1. The third-order valence-electron chi connectivity index (χ3n) is 2.60. The van der Waals surface area contributed by atoms with Gasteiger partial charge in [0.2, 0.25) is 0 Å². The molecule has 0 unspecified atom stereocenters. The van der Waals surface area contributed by atoms with Crippen LogP contribution < -0.4 is 0 Å². The summed E-state index contributed by atoms with van der Waals surface area (Å²) >= 11 is 0. The van der Waals surface area contributed by atoms with E-state index in [9.17, 15) is 0 Å². The molecule has 1 aliphatic rings. The van der Waals surface area contributed by atoms with Crippen LogP contribution in [0.1, 0.15) is 26.2 Å². The summed E-state index contributed by atoms with van der Waals surface area (Å²) in [5.74, 6) is 0.885. The zero-order valence-electron chi connectivity index (χ0n) is 7.42. The van der Waals surface area contributed by atoms with Crippen molar-refractivity contribution in [1.82, 2.24) is 4.90 Å². The van der Waals surface area contributed by atoms with Gasteiger partial charge in [-0.15, -0.1) is 0 Å². The van der Waals surface area contributed by atoms with Crippen LogP contribution in [0.15, 0.2) is 0 Å². The Morgan fingerprint density at radius 2 is 2.36 bits per heavy atom. The van der Waals surface area contributed by atoms with Crippen LogP contribution >= 0.6 is 0 Å². The lowest BCUT2D eigenvalue weighted by Crippen LogP contribution is -2.36. The van der Waals surface area contributed by atoms with Crippen molar-refractivity contribution in [3.8, 4) is 0 Å². The van der Waals surface area contributed by atoms with Crippen LogP contribution in [-0.2, 0) is 0 Å². The Balaban J connectivity index is 2.21. The lowest BCUT2D eigenvalue weighted by Gasteiger charge is -2.31. The summed E-state index contributed by atoms with van der Waals surface area (Å²) in [7, 11) is 0. The number of piperidine rings is 1. The van der Waals surface area contributed by atoms with Gasteiger partial charge in [-0.3, -0.25) is 0 Å². The number of likely N-dealkylation sites (tertiary alicyclic amines) is 1. The van der Waals surface area contributed by atoms with Crippen LogP contribution in [0.25, 0.3) is 0 Å². The molecule has 0 aromatic rings. The highest BCUT2D eigenvalue weighted by molar-refractivity contribution is 4.71. The summed E-state index contributed by atoms with van der Waals surface area (Å²) in [6.45, 7) is 5.84. The summed E-state index contributed by atoms with van der Waals surface area (Å²) in [5, 5.41) is 8.74. The third kappa shape index (κ3) is 2.80. The highest BCUT2D eigenvalue weighted by atomic mass is 16.3. The van der Waals surface area contributed by atoms with Crippen molar-refractivity contribution >= 4 is 0 Å². The van der Waals surface area contributed by atoms with Crippen molar-refractivity contribution in [3.05, 3.63) is 0 Å². The fourth-order valence-electron chi connectivity index (χ4n) is 1.83. The van der Waals surface area contributed by atoms with E-state index in [2.05, 4.69) is 11.8 Å². The van der Waals surface area contributed by atoms with Crippen LogP contribution in [0.3, 0.4) is 0 Å². The third-order valence-corrected chi connectivity index (χ3v) is 2.60. The Labute approximate surface area is 69.2 Å². The van der Waals surface area contributed by atoms with E-state index in [1.807, 2.05) is 0 Å². The standard InChI is InChI=1S/C9H19NO/c1-2-9-4-3-5-10(8-9)6-7-11/h9,11H,2-8H2,1H3/t9-/m0/s1. The number of hydrogen-bond acceptors (Lipinski definition) is 2. The maximum Gasteiger partial charge on any atom is 0.0558 e. The van der Waals surface area contributed by atoms with Gasteiger partial charge in [0.25, 0.3) is 0 Å². The molecule has 1 atom stereocenters.